The summed E-state index contributed by atoms with van der Waals surface area (Å²) < 4.78 is 16.2. The molecule has 1 aliphatic rings. The van der Waals surface area contributed by atoms with E-state index in [1.54, 1.807) is 0 Å². The SMILES string of the molecule is O=C(COC(=O)Cc1cccc2ccccc12)NCCc1ccc2c(c1)OCCO2. The summed E-state index contributed by atoms with van der Waals surface area (Å²) in [7, 11) is 0. The van der Waals surface area contributed by atoms with Crippen molar-refractivity contribution in [1.82, 2.24) is 5.32 Å². The topological polar surface area (TPSA) is 73.9 Å². The number of esters is 1. The highest BCUT2D eigenvalue weighted by Crippen LogP contribution is 2.30. The maximum atomic E-state index is 12.2. The maximum Gasteiger partial charge on any atom is 0.310 e. The highest BCUT2D eigenvalue weighted by Gasteiger charge is 2.13. The van der Waals surface area contributed by atoms with Crippen molar-refractivity contribution in [2.24, 2.45) is 0 Å². The molecule has 0 radical (unpaired) electrons. The highest BCUT2D eigenvalue weighted by atomic mass is 16.6. The van der Waals surface area contributed by atoms with Crippen LogP contribution in [0.3, 0.4) is 0 Å². The second kappa shape index (κ2) is 9.31. The fourth-order valence-electron chi connectivity index (χ4n) is 3.44. The van der Waals surface area contributed by atoms with Gasteiger partial charge in [-0.05, 0) is 40.5 Å². The number of fused-ring (bicyclic) bond motifs is 2. The zero-order chi connectivity index (χ0) is 20.8. The van der Waals surface area contributed by atoms with Crippen molar-refractivity contribution < 1.29 is 23.8 Å². The number of ether oxygens (including phenoxy) is 3. The third-order valence-electron chi connectivity index (χ3n) is 4.92. The molecular weight excluding hydrogens is 382 g/mol. The van der Waals surface area contributed by atoms with Gasteiger partial charge in [-0.15, -0.1) is 0 Å². The zero-order valence-electron chi connectivity index (χ0n) is 16.6. The lowest BCUT2D eigenvalue weighted by atomic mass is 10.0. The standard InChI is InChI=1S/C24H23NO5/c26-23(25-11-10-17-8-9-21-22(14-17)29-13-12-28-21)16-30-24(27)15-19-6-3-5-18-4-1-2-7-20(18)19/h1-9,14H,10-13,15-16H2,(H,25,26). The van der Waals surface area contributed by atoms with E-state index in [0.29, 0.717) is 26.2 Å². The van der Waals surface area contributed by atoms with Crippen molar-refractivity contribution in [2.45, 2.75) is 12.8 Å². The second-order valence-corrected chi connectivity index (χ2v) is 7.05. The number of hydrogen-bond donors (Lipinski definition) is 1. The molecule has 1 heterocycles. The van der Waals surface area contributed by atoms with Crippen LogP contribution in [0.15, 0.2) is 60.7 Å². The molecule has 1 amide bonds. The molecule has 0 aromatic heterocycles. The van der Waals surface area contributed by atoms with Crippen LogP contribution in [0.2, 0.25) is 0 Å². The van der Waals surface area contributed by atoms with Crippen LogP contribution in [0.1, 0.15) is 11.1 Å². The van der Waals surface area contributed by atoms with E-state index < -0.39 is 5.97 Å². The van der Waals surface area contributed by atoms with Crippen molar-refractivity contribution in [3.8, 4) is 11.5 Å². The Labute approximate surface area is 174 Å². The average molecular weight is 405 g/mol. The summed E-state index contributed by atoms with van der Waals surface area (Å²) in [5, 5.41) is 4.86. The summed E-state index contributed by atoms with van der Waals surface area (Å²) >= 11 is 0. The smallest absolute Gasteiger partial charge is 0.310 e. The fourth-order valence-corrected chi connectivity index (χ4v) is 3.44. The minimum absolute atomic E-state index is 0.131. The maximum absolute atomic E-state index is 12.2. The van der Waals surface area contributed by atoms with E-state index in [-0.39, 0.29) is 18.9 Å². The van der Waals surface area contributed by atoms with Gasteiger partial charge in [-0.25, -0.2) is 0 Å². The first-order valence-electron chi connectivity index (χ1n) is 9.96. The van der Waals surface area contributed by atoms with E-state index in [1.165, 1.54) is 0 Å². The Bertz CT molecular complexity index is 1060. The molecule has 0 aliphatic carbocycles. The van der Waals surface area contributed by atoms with Crippen LogP contribution >= 0.6 is 0 Å². The van der Waals surface area contributed by atoms with Crippen molar-refractivity contribution in [1.29, 1.82) is 0 Å². The third-order valence-corrected chi connectivity index (χ3v) is 4.92. The van der Waals surface area contributed by atoms with Gasteiger partial charge in [-0.2, -0.15) is 0 Å². The molecule has 0 saturated heterocycles. The number of amides is 1. The van der Waals surface area contributed by atoms with Gasteiger partial charge < -0.3 is 19.5 Å². The molecular formula is C24H23NO5. The minimum Gasteiger partial charge on any atom is -0.486 e. The van der Waals surface area contributed by atoms with E-state index in [9.17, 15) is 9.59 Å². The lowest BCUT2D eigenvalue weighted by Crippen LogP contribution is -2.30. The van der Waals surface area contributed by atoms with Gasteiger partial charge in [0.25, 0.3) is 5.91 Å². The number of carbonyl (C=O) groups is 2. The van der Waals surface area contributed by atoms with E-state index in [4.69, 9.17) is 14.2 Å². The quantitative estimate of drug-likeness (QED) is 0.612. The molecule has 0 fully saturated rings. The molecule has 1 N–H and O–H groups in total. The summed E-state index contributed by atoms with van der Waals surface area (Å²) in [6, 6.07) is 19.4. The second-order valence-electron chi connectivity index (χ2n) is 7.05. The van der Waals surface area contributed by atoms with Gasteiger partial charge in [0.15, 0.2) is 18.1 Å². The summed E-state index contributed by atoms with van der Waals surface area (Å²) in [5.41, 5.74) is 1.92. The summed E-state index contributed by atoms with van der Waals surface area (Å²) in [5.74, 6) is 0.728. The molecule has 154 valence electrons. The first-order chi connectivity index (χ1) is 14.7. The number of benzene rings is 3. The Kier molecular flexibility index (Phi) is 6.13. The van der Waals surface area contributed by atoms with E-state index in [1.807, 2.05) is 60.7 Å². The summed E-state index contributed by atoms with van der Waals surface area (Å²) in [4.78, 5) is 24.2. The molecule has 30 heavy (non-hydrogen) atoms. The lowest BCUT2D eigenvalue weighted by molar-refractivity contribution is -0.147. The monoisotopic (exact) mass is 405 g/mol. The molecule has 0 atom stereocenters. The Hall–Kier alpha value is -3.54. The number of carbonyl (C=O) groups excluding carboxylic acids is 2. The van der Waals surface area contributed by atoms with Crippen molar-refractivity contribution in [2.75, 3.05) is 26.4 Å². The predicted octanol–water partition coefficient (Wildman–Crippen LogP) is 3.06. The number of nitrogens with one attached hydrogen (secondary N) is 1. The molecule has 6 heteroatoms. The van der Waals surface area contributed by atoms with Crippen LogP contribution in [0.5, 0.6) is 11.5 Å². The van der Waals surface area contributed by atoms with Crippen LogP contribution in [0.4, 0.5) is 0 Å². The summed E-state index contributed by atoms with van der Waals surface area (Å²) in [6.07, 6.45) is 0.776. The van der Waals surface area contributed by atoms with Crippen molar-refractivity contribution in [3.63, 3.8) is 0 Å². The van der Waals surface area contributed by atoms with Crippen LogP contribution in [-0.2, 0) is 27.2 Å². The molecule has 1 aliphatic heterocycles. The molecule has 3 aromatic rings. The van der Waals surface area contributed by atoms with Gasteiger partial charge in [-0.3, -0.25) is 9.59 Å². The van der Waals surface area contributed by atoms with Crippen LogP contribution in [0.25, 0.3) is 10.8 Å². The average Bonchev–Trinajstić information content (AvgIpc) is 2.78. The molecule has 6 nitrogen and oxygen atoms in total. The first kappa shape index (κ1) is 19.8. The van der Waals surface area contributed by atoms with Gasteiger partial charge in [0.1, 0.15) is 13.2 Å². The van der Waals surface area contributed by atoms with E-state index >= 15 is 0 Å². The van der Waals surface area contributed by atoms with Crippen molar-refractivity contribution in [3.05, 3.63) is 71.8 Å². The van der Waals surface area contributed by atoms with Gasteiger partial charge >= 0.3 is 5.97 Å². The Morgan fingerprint density at radius 2 is 1.73 bits per heavy atom. The Morgan fingerprint density at radius 1 is 0.933 bits per heavy atom. The van der Waals surface area contributed by atoms with E-state index in [0.717, 1.165) is 33.4 Å². The normalized spacial score (nSPS) is 12.4. The van der Waals surface area contributed by atoms with Crippen LogP contribution < -0.4 is 14.8 Å². The minimum atomic E-state index is -0.423. The number of rotatable bonds is 7. The Balaban J connectivity index is 1.21. The largest absolute Gasteiger partial charge is 0.486 e. The fraction of sp³-hybridized carbons (Fsp3) is 0.250. The lowest BCUT2D eigenvalue weighted by Gasteiger charge is -2.18. The highest BCUT2D eigenvalue weighted by molar-refractivity contribution is 5.89. The van der Waals surface area contributed by atoms with Gasteiger partial charge in [0.05, 0.1) is 6.42 Å². The molecule has 0 unspecified atom stereocenters. The molecule has 3 aromatic carbocycles. The van der Waals surface area contributed by atoms with Crippen LogP contribution in [-0.4, -0.2) is 38.2 Å². The molecule has 4 rings (SSSR count). The Morgan fingerprint density at radius 3 is 2.63 bits per heavy atom. The number of hydrogen-bond acceptors (Lipinski definition) is 5. The predicted molar refractivity (Wildman–Crippen MR) is 113 cm³/mol. The molecule has 0 saturated carbocycles. The zero-order valence-corrected chi connectivity index (χ0v) is 16.6. The van der Waals surface area contributed by atoms with Crippen LogP contribution in [0, 0.1) is 0 Å². The summed E-state index contributed by atoms with van der Waals surface area (Å²) in [6.45, 7) is 1.25. The van der Waals surface area contributed by atoms with Gasteiger partial charge in [0, 0.05) is 6.54 Å². The molecule has 0 spiro atoms. The molecule has 0 bridgehead atoms. The third kappa shape index (κ3) is 4.89. The van der Waals surface area contributed by atoms with Gasteiger partial charge in [0.2, 0.25) is 0 Å². The van der Waals surface area contributed by atoms with Gasteiger partial charge in [-0.1, -0.05) is 48.5 Å². The van der Waals surface area contributed by atoms with Crippen molar-refractivity contribution >= 4 is 22.6 Å². The van der Waals surface area contributed by atoms with E-state index in [2.05, 4.69) is 5.32 Å². The first-order valence-corrected chi connectivity index (χ1v) is 9.96.